The molecule has 2 aromatic rings. The number of aromatic carboxylic acids is 1. The van der Waals surface area contributed by atoms with Crippen LogP contribution >= 0.6 is 0 Å². The van der Waals surface area contributed by atoms with Crippen LogP contribution in [0.25, 0.3) is 11.1 Å². The van der Waals surface area contributed by atoms with Crippen molar-refractivity contribution in [3.8, 4) is 11.1 Å². The third-order valence-corrected chi connectivity index (χ3v) is 2.81. The highest BCUT2D eigenvalue weighted by Gasteiger charge is 2.14. The van der Waals surface area contributed by atoms with Crippen molar-refractivity contribution in [2.24, 2.45) is 0 Å². The number of hydrogen-bond acceptors (Lipinski definition) is 3. The van der Waals surface area contributed by atoms with Gasteiger partial charge in [-0.15, -0.1) is 0 Å². The predicted molar refractivity (Wildman–Crippen MR) is 70.1 cm³/mol. The van der Waals surface area contributed by atoms with Gasteiger partial charge in [-0.1, -0.05) is 12.1 Å². The second-order valence-electron chi connectivity index (χ2n) is 4.07. The van der Waals surface area contributed by atoms with Gasteiger partial charge in [0.25, 0.3) is 0 Å². The molecule has 0 aromatic heterocycles. The van der Waals surface area contributed by atoms with Crippen LogP contribution in [0.3, 0.4) is 0 Å². The van der Waals surface area contributed by atoms with Crippen molar-refractivity contribution < 1.29 is 23.8 Å². The Labute approximate surface area is 114 Å². The van der Waals surface area contributed by atoms with E-state index in [1.54, 1.807) is 12.1 Å². The van der Waals surface area contributed by atoms with Crippen molar-refractivity contribution in [1.29, 1.82) is 0 Å². The van der Waals surface area contributed by atoms with Crippen LogP contribution < -0.4 is 0 Å². The summed E-state index contributed by atoms with van der Waals surface area (Å²) in [6, 6.07) is 9.59. The molecule has 5 heteroatoms. The zero-order valence-corrected chi connectivity index (χ0v) is 10.6. The fourth-order valence-corrected chi connectivity index (χ4v) is 1.87. The van der Waals surface area contributed by atoms with E-state index in [1.807, 2.05) is 0 Å². The van der Waals surface area contributed by atoms with Crippen LogP contribution in [0.15, 0.2) is 42.5 Å². The highest BCUT2D eigenvalue weighted by molar-refractivity contribution is 5.97. The highest BCUT2D eigenvalue weighted by atomic mass is 19.1. The summed E-state index contributed by atoms with van der Waals surface area (Å²) in [6.07, 6.45) is 0. The molecule has 0 aliphatic rings. The summed E-state index contributed by atoms with van der Waals surface area (Å²) in [5.41, 5.74) is 0.882. The van der Waals surface area contributed by atoms with Gasteiger partial charge in [-0.25, -0.2) is 14.0 Å². The molecule has 4 nitrogen and oxygen atoms in total. The van der Waals surface area contributed by atoms with Crippen LogP contribution in [0.1, 0.15) is 20.7 Å². The average molecular weight is 274 g/mol. The van der Waals surface area contributed by atoms with E-state index in [4.69, 9.17) is 5.11 Å². The monoisotopic (exact) mass is 274 g/mol. The summed E-state index contributed by atoms with van der Waals surface area (Å²) in [5, 5.41) is 9.13. The lowest BCUT2D eigenvalue weighted by molar-refractivity contribution is 0.0600. The van der Waals surface area contributed by atoms with Crippen molar-refractivity contribution in [2.75, 3.05) is 7.11 Å². The van der Waals surface area contributed by atoms with E-state index in [0.29, 0.717) is 5.56 Å². The van der Waals surface area contributed by atoms with Gasteiger partial charge in [0.15, 0.2) is 0 Å². The molecule has 2 aromatic carbocycles. The molecule has 0 fully saturated rings. The lowest BCUT2D eigenvalue weighted by Gasteiger charge is -2.08. The van der Waals surface area contributed by atoms with Gasteiger partial charge in [0, 0.05) is 0 Å². The molecule has 0 heterocycles. The van der Waals surface area contributed by atoms with Gasteiger partial charge in [-0.2, -0.15) is 0 Å². The molecule has 2 rings (SSSR count). The number of esters is 1. The molecule has 0 radical (unpaired) electrons. The van der Waals surface area contributed by atoms with Gasteiger partial charge >= 0.3 is 11.9 Å². The molecule has 0 atom stereocenters. The van der Waals surface area contributed by atoms with E-state index < -0.39 is 17.8 Å². The Kier molecular flexibility index (Phi) is 3.79. The molecule has 0 spiro atoms. The Balaban J connectivity index is 2.59. The number of carboxylic acids is 1. The Morgan fingerprint density at radius 3 is 2.55 bits per heavy atom. The Morgan fingerprint density at radius 2 is 1.90 bits per heavy atom. The van der Waals surface area contributed by atoms with Crippen LogP contribution in [-0.2, 0) is 4.74 Å². The number of carbonyl (C=O) groups excluding carboxylic acids is 1. The molecule has 0 saturated heterocycles. The van der Waals surface area contributed by atoms with Crippen molar-refractivity contribution in [2.45, 2.75) is 0 Å². The maximum absolute atomic E-state index is 13.3. The van der Waals surface area contributed by atoms with Crippen molar-refractivity contribution in [3.05, 3.63) is 59.4 Å². The first-order chi connectivity index (χ1) is 9.52. The maximum Gasteiger partial charge on any atom is 0.337 e. The van der Waals surface area contributed by atoms with Crippen molar-refractivity contribution in [3.63, 3.8) is 0 Å². The molecule has 102 valence electrons. The minimum atomic E-state index is -1.16. The summed E-state index contributed by atoms with van der Waals surface area (Å²) in [5.74, 6) is -2.25. The minimum absolute atomic E-state index is 0.0339. The van der Waals surface area contributed by atoms with Crippen molar-refractivity contribution >= 4 is 11.9 Å². The smallest absolute Gasteiger partial charge is 0.337 e. The average Bonchev–Trinajstić information content (AvgIpc) is 2.46. The highest BCUT2D eigenvalue weighted by Crippen LogP contribution is 2.26. The van der Waals surface area contributed by atoms with Crippen LogP contribution in [0.2, 0.25) is 0 Å². The van der Waals surface area contributed by atoms with Crippen LogP contribution in [-0.4, -0.2) is 24.2 Å². The Hall–Kier alpha value is -2.69. The lowest BCUT2D eigenvalue weighted by atomic mass is 9.98. The number of rotatable bonds is 3. The maximum atomic E-state index is 13.3. The summed E-state index contributed by atoms with van der Waals surface area (Å²) in [7, 11) is 1.25. The summed E-state index contributed by atoms with van der Waals surface area (Å²) < 4.78 is 17.9. The van der Waals surface area contributed by atoms with E-state index in [1.165, 1.54) is 25.3 Å². The number of methoxy groups -OCH3 is 1. The van der Waals surface area contributed by atoms with Gasteiger partial charge in [-0.3, -0.25) is 0 Å². The standard InChI is InChI=1S/C15H11FO4/c1-20-15(19)10-4-2-3-9(7-10)13-8-11(16)5-6-12(13)14(17)18/h2-8H,1H3,(H,17,18). The van der Waals surface area contributed by atoms with Gasteiger partial charge in [0.05, 0.1) is 18.2 Å². The molecule has 0 aliphatic heterocycles. The molecular weight excluding hydrogens is 263 g/mol. The Morgan fingerprint density at radius 1 is 1.15 bits per heavy atom. The summed E-state index contributed by atoms with van der Waals surface area (Å²) in [4.78, 5) is 22.6. The van der Waals surface area contributed by atoms with Crippen molar-refractivity contribution in [1.82, 2.24) is 0 Å². The lowest BCUT2D eigenvalue weighted by Crippen LogP contribution is -2.03. The minimum Gasteiger partial charge on any atom is -0.478 e. The van der Waals surface area contributed by atoms with Gasteiger partial charge < -0.3 is 9.84 Å². The number of carboxylic acid groups (broad SMARTS) is 1. The number of benzene rings is 2. The van der Waals surface area contributed by atoms with Crippen LogP contribution in [0.4, 0.5) is 4.39 Å². The van der Waals surface area contributed by atoms with E-state index in [9.17, 15) is 14.0 Å². The normalized spacial score (nSPS) is 10.1. The van der Waals surface area contributed by atoms with E-state index in [-0.39, 0.29) is 16.7 Å². The van der Waals surface area contributed by atoms with Crippen LogP contribution in [0.5, 0.6) is 0 Å². The molecule has 20 heavy (non-hydrogen) atoms. The zero-order valence-electron chi connectivity index (χ0n) is 10.6. The van der Waals surface area contributed by atoms with Gasteiger partial charge in [0.1, 0.15) is 5.82 Å². The molecule has 0 aliphatic carbocycles. The van der Waals surface area contributed by atoms with E-state index >= 15 is 0 Å². The first kappa shape index (κ1) is 13.7. The SMILES string of the molecule is COC(=O)c1cccc(-c2cc(F)ccc2C(=O)O)c1. The van der Waals surface area contributed by atoms with Crippen LogP contribution in [0, 0.1) is 5.82 Å². The van der Waals surface area contributed by atoms with E-state index in [2.05, 4.69) is 4.74 Å². The molecule has 0 amide bonds. The second-order valence-corrected chi connectivity index (χ2v) is 4.07. The van der Waals surface area contributed by atoms with Gasteiger partial charge in [0.2, 0.25) is 0 Å². The molecule has 0 bridgehead atoms. The largest absolute Gasteiger partial charge is 0.478 e. The second kappa shape index (κ2) is 5.52. The fourth-order valence-electron chi connectivity index (χ4n) is 1.87. The van der Waals surface area contributed by atoms with Gasteiger partial charge in [-0.05, 0) is 41.5 Å². The third-order valence-electron chi connectivity index (χ3n) is 2.81. The zero-order chi connectivity index (χ0) is 14.7. The fraction of sp³-hybridized carbons (Fsp3) is 0.0667. The molecule has 1 N–H and O–H groups in total. The van der Waals surface area contributed by atoms with E-state index in [0.717, 1.165) is 12.1 Å². The first-order valence-corrected chi connectivity index (χ1v) is 5.74. The predicted octanol–water partition coefficient (Wildman–Crippen LogP) is 2.98. The quantitative estimate of drug-likeness (QED) is 0.874. The topological polar surface area (TPSA) is 63.6 Å². The number of carbonyl (C=O) groups is 2. The molecule has 0 unspecified atom stereocenters. The number of ether oxygens (including phenoxy) is 1. The Bertz CT molecular complexity index is 679. The third kappa shape index (κ3) is 2.66. The summed E-state index contributed by atoms with van der Waals surface area (Å²) >= 11 is 0. The molecular formula is C15H11FO4. The summed E-state index contributed by atoms with van der Waals surface area (Å²) in [6.45, 7) is 0. The number of halogens is 1. The molecule has 0 saturated carbocycles. The first-order valence-electron chi connectivity index (χ1n) is 5.74. The number of hydrogen-bond donors (Lipinski definition) is 1.